The molecule has 4 rings (SSSR count). The van der Waals surface area contributed by atoms with Gasteiger partial charge in [0.25, 0.3) is 0 Å². The second kappa shape index (κ2) is 8.64. The van der Waals surface area contributed by atoms with Crippen LogP contribution >= 0.6 is 0 Å². The van der Waals surface area contributed by atoms with Crippen molar-refractivity contribution in [2.75, 3.05) is 25.0 Å². The van der Waals surface area contributed by atoms with Crippen molar-refractivity contribution >= 4 is 21.7 Å². The average Bonchev–Trinajstić information content (AvgIpc) is 3.42. The molecule has 0 bridgehead atoms. The summed E-state index contributed by atoms with van der Waals surface area (Å²) in [6.45, 7) is 0.808. The fourth-order valence-electron chi connectivity index (χ4n) is 4.62. The Morgan fingerprint density at radius 3 is 2.55 bits per heavy atom. The number of hydrogen-bond donors (Lipinski definition) is 1. The molecule has 1 aliphatic heterocycles. The number of anilines is 1. The predicted molar refractivity (Wildman–Crippen MR) is 113 cm³/mol. The molecule has 2 aromatic rings. The Kier molecular flexibility index (Phi) is 6.16. The molecule has 0 saturated carbocycles. The highest BCUT2D eigenvalue weighted by Crippen LogP contribution is 2.39. The zero-order valence-electron chi connectivity index (χ0n) is 18.0. The van der Waals surface area contributed by atoms with E-state index in [1.54, 1.807) is 4.90 Å². The van der Waals surface area contributed by atoms with Gasteiger partial charge in [-0.25, -0.2) is 8.42 Å². The minimum atomic E-state index is -4.69. The quantitative estimate of drug-likeness (QED) is 0.673. The third-order valence-electron chi connectivity index (χ3n) is 6.32. The van der Waals surface area contributed by atoms with Crippen molar-refractivity contribution in [1.82, 2.24) is 14.1 Å². The van der Waals surface area contributed by atoms with E-state index in [0.717, 1.165) is 23.2 Å². The second-order valence-electron chi connectivity index (χ2n) is 8.43. The second-order valence-corrected chi connectivity index (χ2v) is 10.4. The number of hydrogen-bond acceptors (Lipinski definition) is 5. The minimum absolute atomic E-state index is 0.243. The van der Waals surface area contributed by atoms with Crippen molar-refractivity contribution in [2.24, 2.45) is 0 Å². The zero-order chi connectivity index (χ0) is 24.0. The lowest BCUT2D eigenvalue weighted by Crippen LogP contribution is -2.34. The van der Waals surface area contributed by atoms with Crippen molar-refractivity contribution in [3.8, 4) is 0 Å². The molecule has 2 aliphatic rings. The van der Waals surface area contributed by atoms with Gasteiger partial charge in [-0.3, -0.25) is 9.48 Å². The van der Waals surface area contributed by atoms with Crippen LogP contribution in [-0.2, 0) is 34.0 Å². The summed E-state index contributed by atoms with van der Waals surface area (Å²) < 4.78 is 70.2. The maximum atomic E-state index is 13.6. The van der Waals surface area contributed by atoms with E-state index in [-0.39, 0.29) is 12.2 Å². The van der Waals surface area contributed by atoms with Gasteiger partial charge in [-0.2, -0.15) is 22.6 Å². The first-order valence-corrected chi connectivity index (χ1v) is 12.1. The summed E-state index contributed by atoms with van der Waals surface area (Å²) in [5.74, 6) is -1.07. The molecule has 0 amide bonds. The number of carboxylic acid groups (broad SMARTS) is 1. The first-order valence-electron chi connectivity index (χ1n) is 10.7. The largest absolute Gasteiger partial charge is 0.480 e. The molecule has 1 aromatic heterocycles. The van der Waals surface area contributed by atoms with Gasteiger partial charge in [-0.05, 0) is 50.3 Å². The maximum absolute atomic E-state index is 13.6. The number of rotatable bonds is 6. The van der Waals surface area contributed by atoms with Crippen molar-refractivity contribution in [1.29, 1.82) is 0 Å². The third kappa shape index (κ3) is 4.58. The Bertz CT molecular complexity index is 1160. The summed E-state index contributed by atoms with van der Waals surface area (Å²) >= 11 is 0. The molecular formula is C21H25F3N4O4S. The summed E-state index contributed by atoms with van der Waals surface area (Å²) in [5, 5.41) is 13.2. The van der Waals surface area contributed by atoms with E-state index in [4.69, 9.17) is 5.11 Å². The van der Waals surface area contributed by atoms with E-state index in [0.29, 0.717) is 49.7 Å². The molecule has 1 aromatic carbocycles. The van der Waals surface area contributed by atoms with Crippen LogP contribution in [0, 0.1) is 0 Å². The number of alkyl halides is 3. The van der Waals surface area contributed by atoms with Crippen LogP contribution in [0.5, 0.6) is 0 Å². The molecule has 0 radical (unpaired) electrons. The van der Waals surface area contributed by atoms with Gasteiger partial charge >= 0.3 is 12.1 Å². The van der Waals surface area contributed by atoms with Crippen LogP contribution < -0.4 is 4.90 Å². The van der Waals surface area contributed by atoms with Crippen LogP contribution in [0.4, 0.5) is 18.9 Å². The van der Waals surface area contributed by atoms with Crippen LogP contribution in [0.15, 0.2) is 29.3 Å². The van der Waals surface area contributed by atoms with Gasteiger partial charge in [0.2, 0.25) is 10.0 Å². The Hall–Kier alpha value is -2.60. The molecule has 1 atom stereocenters. The number of aliphatic carboxylic acids is 1. The Morgan fingerprint density at radius 1 is 1.21 bits per heavy atom. The average molecular weight is 487 g/mol. The van der Waals surface area contributed by atoms with E-state index >= 15 is 0 Å². The number of carboxylic acids is 1. The Labute approximate surface area is 189 Å². The van der Waals surface area contributed by atoms with Crippen molar-refractivity contribution in [2.45, 2.75) is 55.8 Å². The number of fused-ring (bicyclic) bond motifs is 1. The van der Waals surface area contributed by atoms with Gasteiger partial charge < -0.3 is 10.0 Å². The van der Waals surface area contributed by atoms with Gasteiger partial charge in [0.15, 0.2) is 0 Å². The molecule has 8 nitrogen and oxygen atoms in total. The molecule has 0 unspecified atom stereocenters. The monoisotopic (exact) mass is 486 g/mol. The van der Waals surface area contributed by atoms with E-state index in [2.05, 4.69) is 5.10 Å². The van der Waals surface area contributed by atoms with Crippen LogP contribution in [-0.4, -0.2) is 53.7 Å². The molecule has 1 fully saturated rings. The lowest BCUT2D eigenvalue weighted by molar-refractivity contribution is -0.138. The van der Waals surface area contributed by atoms with Gasteiger partial charge in [-0.15, -0.1) is 0 Å². The van der Waals surface area contributed by atoms with Gasteiger partial charge in [-0.1, -0.05) is 0 Å². The summed E-state index contributed by atoms with van der Waals surface area (Å²) in [6, 6.07) is 2.34. The lowest BCUT2D eigenvalue weighted by atomic mass is 9.93. The van der Waals surface area contributed by atoms with Gasteiger partial charge in [0, 0.05) is 37.1 Å². The van der Waals surface area contributed by atoms with E-state index in [9.17, 15) is 26.4 Å². The van der Waals surface area contributed by atoms with Gasteiger partial charge in [0.1, 0.15) is 6.54 Å². The topological polar surface area (TPSA) is 95.7 Å². The molecule has 1 saturated heterocycles. The predicted octanol–water partition coefficient (Wildman–Crippen LogP) is 3.28. The van der Waals surface area contributed by atoms with Crippen molar-refractivity contribution in [3.63, 3.8) is 0 Å². The number of carbonyl (C=O) groups is 1. The number of halogens is 3. The molecular weight excluding hydrogens is 461 g/mol. The molecule has 1 N–H and O–H groups in total. The number of sulfonamides is 1. The number of aromatic nitrogens is 2. The highest BCUT2D eigenvalue weighted by Gasteiger charge is 2.37. The first kappa shape index (κ1) is 23.6. The maximum Gasteiger partial charge on any atom is 0.416 e. The standard InChI is InChI=1S/C21H25F3N4O4S/c1-26(18-5-4-6-19-17(18)12-25-28(19)13-20(29)30)33(31,32)16-10-14(21(22,23)24)9-15(11-16)27-7-2-3-8-27/h9-12,18H,2-8,13H2,1H3,(H,29,30)/t18-/m1/s1. The summed E-state index contributed by atoms with van der Waals surface area (Å²) in [7, 11) is -2.93. The highest BCUT2D eigenvalue weighted by molar-refractivity contribution is 7.89. The van der Waals surface area contributed by atoms with Crippen molar-refractivity contribution < 1.29 is 31.5 Å². The molecule has 180 valence electrons. The lowest BCUT2D eigenvalue weighted by Gasteiger charge is -2.31. The smallest absolute Gasteiger partial charge is 0.416 e. The normalized spacial score (nSPS) is 19.2. The Balaban J connectivity index is 1.72. The number of benzene rings is 1. The molecule has 1 aliphatic carbocycles. The van der Waals surface area contributed by atoms with E-state index < -0.39 is 38.7 Å². The SMILES string of the molecule is CN([C@@H]1CCCc2c1cnn2CC(=O)O)S(=O)(=O)c1cc(N2CCCC2)cc(C(F)(F)F)c1. The fraction of sp³-hybridized carbons (Fsp3) is 0.524. The number of nitrogens with zero attached hydrogens (tertiary/aromatic N) is 4. The van der Waals surface area contributed by atoms with Crippen LogP contribution in [0.2, 0.25) is 0 Å². The molecule has 12 heteroatoms. The van der Waals surface area contributed by atoms with E-state index in [1.165, 1.54) is 24.0 Å². The third-order valence-corrected chi connectivity index (χ3v) is 8.17. The highest BCUT2D eigenvalue weighted by atomic mass is 32.2. The van der Waals surface area contributed by atoms with Crippen molar-refractivity contribution in [3.05, 3.63) is 41.2 Å². The Morgan fingerprint density at radius 2 is 1.91 bits per heavy atom. The molecule has 0 spiro atoms. The molecule has 2 heterocycles. The summed E-state index contributed by atoms with van der Waals surface area (Å²) in [4.78, 5) is 12.5. The fourth-order valence-corrected chi connectivity index (χ4v) is 6.06. The van der Waals surface area contributed by atoms with Gasteiger partial charge in [0.05, 0.1) is 22.7 Å². The first-order chi connectivity index (χ1) is 15.5. The summed E-state index contributed by atoms with van der Waals surface area (Å²) in [6.07, 6.45) is 0.0524. The molecule has 33 heavy (non-hydrogen) atoms. The summed E-state index contributed by atoms with van der Waals surface area (Å²) in [5.41, 5.74) is 0.461. The van der Waals surface area contributed by atoms with Crippen LogP contribution in [0.1, 0.15) is 48.5 Å². The van der Waals surface area contributed by atoms with Crippen LogP contribution in [0.3, 0.4) is 0 Å². The zero-order valence-corrected chi connectivity index (χ0v) is 18.9. The van der Waals surface area contributed by atoms with Crippen LogP contribution in [0.25, 0.3) is 0 Å². The van der Waals surface area contributed by atoms with E-state index in [1.807, 2.05) is 0 Å². The minimum Gasteiger partial charge on any atom is -0.480 e.